The summed E-state index contributed by atoms with van der Waals surface area (Å²) in [6.45, 7) is 6.53. The summed E-state index contributed by atoms with van der Waals surface area (Å²) in [6, 6.07) is 28.2. The molecule has 0 spiro atoms. The molecule has 4 saturated heterocycles. The minimum absolute atomic E-state index is 0.00868. The van der Waals surface area contributed by atoms with Gasteiger partial charge in [-0.05, 0) is 62.0 Å². The Kier molecular flexibility index (Phi) is 28.8. The largest absolute Gasteiger partial charge is 0.497 e. The summed E-state index contributed by atoms with van der Waals surface area (Å²) in [5, 5.41) is 63.1. The number of aromatic amines is 4. The van der Waals surface area contributed by atoms with Crippen molar-refractivity contribution >= 4 is 23.2 Å². The number of aromatic nitrogens is 8. The van der Waals surface area contributed by atoms with Gasteiger partial charge in [0.25, 0.3) is 22.2 Å². The second-order valence-electron chi connectivity index (χ2n) is 22.2. The Morgan fingerprint density at radius 2 is 0.865 bits per heavy atom. The number of azide groups is 1. The van der Waals surface area contributed by atoms with Gasteiger partial charge in [0.05, 0.1) is 73.9 Å². The number of benzene rings is 3. The molecular formula is C62H79Cl2N13O19. The van der Waals surface area contributed by atoms with Gasteiger partial charge in [-0.15, -0.1) is 23.2 Å². The van der Waals surface area contributed by atoms with E-state index in [1.54, 1.807) is 34.8 Å². The fraction of sp³-hybridized carbons (Fsp3) is 0.452. The van der Waals surface area contributed by atoms with E-state index in [0.717, 1.165) is 29.5 Å². The molecule has 0 unspecified atom stereocenters. The molecular weight excluding hydrogens is 1300 g/mol. The molecule has 12 atom stereocenters. The van der Waals surface area contributed by atoms with Crippen LogP contribution in [0.1, 0.15) is 89.5 Å². The van der Waals surface area contributed by atoms with Crippen molar-refractivity contribution in [2.45, 2.75) is 133 Å². The molecule has 0 radical (unpaired) electrons. The lowest BCUT2D eigenvalue weighted by Crippen LogP contribution is -2.49. The van der Waals surface area contributed by atoms with E-state index in [9.17, 15) is 58.8 Å². The molecule has 4 aliphatic rings. The van der Waals surface area contributed by atoms with Crippen LogP contribution < -0.4 is 60.8 Å². The van der Waals surface area contributed by atoms with Crippen LogP contribution in [0.25, 0.3) is 10.4 Å². The molecule has 34 heteroatoms. The highest BCUT2D eigenvalue weighted by molar-refractivity contribution is 6.40. The van der Waals surface area contributed by atoms with Gasteiger partial charge in [-0.3, -0.25) is 62.7 Å². The third kappa shape index (κ3) is 19.0. The fourth-order valence-corrected chi connectivity index (χ4v) is 10.9. The van der Waals surface area contributed by atoms with Gasteiger partial charge in [-0.1, -0.05) is 77.9 Å². The van der Waals surface area contributed by atoms with Crippen molar-refractivity contribution in [3.63, 3.8) is 0 Å². The van der Waals surface area contributed by atoms with Gasteiger partial charge in [-0.2, -0.15) is 0 Å². The normalized spacial score (nSPS) is 23.2. The van der Waals surface area contributed by atoms with E-state index in [2.05, 4.69) is 59.5 Å². The number of aliphatic hydroxyl groups is 6. The van der Waals surface area contributed by atoms with Crippen LogP contribution in [0.15, 0.2) is 153 Å². The molecule has 4 aliphatic heterocycles. The number of hydrogen-bond acceptors (Lipinski definition) is 22. The Morgan fingerprint density at radius 3 is 1.19 bits per heavy atom. The van der Waals surface area contributed by atoms with Gasteiger partial charge in [0.2, 0.25) is 0 Å². The first-order chi connectivity index (χ1) is 45.9. The topological polar surface area (TPSA) is 474 Å². The van der Waals surface area contributed by atoms with Crippen LogP contribution in [0.4, 0.5) is 0 Å². The van der Waals surface area contributed by atoms with E-state index in [1.165, 1.54) is 43.1 Å². The molecule has 4 fully saturated rings. The Balaban J connectivity index is 0.000000212. The van der Waals surface area contributed by atoms with E-state index in [1.807, 2.05) is 60.7 Å². The lowest BCUT2D eigenvalue weighted by Gasteiger charge is -2.38. The fourth-order valence-electron chi connectivity index (χ4n) is 10.9. The minimum atomic E-state index is -0.824. The van der Waals surface area contributed by atoms with Crippen LogP contribution in [0.2, 0.25) is 0 Å². The maximum Gasteiger partial charge on any atom is 0.330 e. The molecule has 8 heterocycles. The molecule has 0 aliphatic carbocycles. The standard InChI is InChI=1S/C30H31N3O5.C10H13N5O4.C10H15N3O4.C10H14N2O5.CH2Cl2.CH4O/c1-20-19-33(29(36)32-28(20)35)27-17-25(34)26(38-27)18-31-30(21-9-5-3-6-10-21,22-11-7-4-8-12-22)23-13-15-24(37-2)16-14-23;1-5-4-15(10(18)13-9(5)17)8-2-6(16)7(19-8)3-12-14-11;1-5-4-13(10(16)12-9(5)15)8-2-6(14)7(3-11)17-8;1-5-3-12(10(16)11-9(5)15)8-2-6(14)7(4-13)17-8;2-1-3;1-2/h3-16,19,25-27,31,34H,17-18H2,1-2H3,(H,32,35,36);4,6-8,16H,2-3H2,1H3,(H,13,17,18);4,6-8,14H,2-3,11H2,1H3,(H,12,15,16);3,6-8,13-14H,2,4H2,1H3,(H,11,15,16);1H2;2H,1H3/t25-,26-,27-;3*6-,7-,8-;;/m1111../s1. The highest BCUT2D eigenvalue weighted by Crippen LogP contribution is 2.39. The zero-order valence-corrected chi connectivity index (χ0v) is 54.7. The van der Waals surface area contributed by atoms with Crippen LogP contribution >= 0.6 is 23.2 Å². The van der Waals surface area contributed by atoms with Crippen molar-refractivity contribution in [2.24, 2.45) is 10.8 Å². The summed E-state index contributed by atoms with van der Waals surface area (Å²) in [4.78, 5) is 104. The lowest BCUT2D eigenvalue weighted by molar-refractivity contribution is -0.0459. The zero-order chi connectivity index (χ0) is 70.6. The number of nitrogens with zero attached hydrogens (tertiary/aromatic N) is 7. The van der Waals surface area contributed by atoms with Crippen LogP contribution in [0, 0.1) is 27.7 Å². The Hall–Kier alpha value is -8.41. The number of hydrogen-bond donors (Lipinski definition) is 12. The molecule has 3 aromatic carbocycles. The number of rotatable bonds is 15. The summed E-state index contributed by atoms with van der Waals surface area (Å²) in [7, 11) is 2.64. The van der Waals surface area contributed by atoms with Crippen molar-refractivity contribution in [3.05, 3.63) is 242 Å². The number of H-pyrrole nitrogens is 4. The third-order valence-corrected chi connectivity index (χ3v) is 15.9. The molecule has 0 saturated carbocycles. The number of halogens is 2. The average Bonchev–Trinajstić information content (AvgIpc) is 0.964. The molecule has 96 heavy (non-hydrogen) atoms. The Morgan fingerprint density at radius 1 is 0.552 bits per heavy atom. The first-order valence-electron chi connectivity index (χ1n) is 29.9. The Labute approximate surface area is 556 Å². The lowest BCUT2D eigenvalue weighted by atomic mass is 9.77. The minimum Gasteiger partial charge on any atom is -0.497 e. The summed E-state index contributed by atoms with van der Waals surface area (Å²) in [6.07, 6.45) is -1.59. The van der Waals surface area contributed by atoms with Crippen molar-refractivity contribution in [3.8, 4) is 5.75 Å². The monoisotopic (exact) mass is 1380 g/mol. The van der Waals surface area contributed by atoms with E-state index in [0.29, 0.717) is 28.8 Å². The SMILES string of the molecule is CO.COc1ccc(C(NC[C@H]2O[C@@H](n3cc(C)c(=O)[nH]c3=O)C[C@H]2O)(c2ccccc2)c2ccccc2)cc1.Cc1cn([C@H]2C[C@@H](O)[C@@H](CN)O2)c(=O)[nH]c1=O.Cc1cn([C@H]2C[C@@H](O)[C@@H](CN=[N+]=[N-])O2)c(=O)[nH]c1=O.Cc1cn([C@H]2C[C@@H](O)[C@@H](CO)O2)c(=O)[nH]c1=O.ClCCl. The number of methoxy groups -OCH3 is 1. The summed E-state index contributed by atoms with van der Waals surface area (Å²) in [5.74, 6) is 0.753. The maximum absolute atomic E-state index is 12.4. The number of ether oxygens (including phenoxy) is 5. The van der Waals surface area contributed by atoms with Gasteiger partial charge >= 0.3 is 22.8 Å². The molecule has 0 amide bonds. The van der Waals surface area contributed by atoms with Gasteiger partial charge in [0, 0.05) is 97.8 Å². The van der Waals surface area contributed by atoms with Crippen molar-refractivity contribution < 1.29 is 54.3 Å². The zero-order valence-electron chi connectivity index (χ0n) is 53.1. The van der Waals surface area contributed by atoms with E-state index in [-0.39, 0.29) is 50.7 Å². The van der Waals surface area contributed by atoms with Gasteiger partial charge in [0.1, 0.15) is 36.8 Å². The predicted octanol–water partition coefficient (Wildman–Crippen LogP) is 0.855. The molecule has 4 aromatic heterocycles. The van der Waals surface area contributed by atoms with Crippen LogP contribution in [0.3, 0.4) is 0 Å². The highest BCUT2D eigenvalue weighted by atomic mass is 35.5. The third-order valence-electron chi connectivity index (χ3n) is 15.9. The first kappa shape index (κ1) is 76.6. The predicted molar refractivity (Wildman–Crippen MR) is 351 cm³/mol. The van der Waals surface area contributed by atoms with E-state index >= 15 is 0 Å². The second-order valence-corrected chi connectivity index (χ2v) is 23.0. The van der Waals surface area contributed by atoms with Crippen molar-refractivity contribution in [1.29, 1.82) is 0 Å². The number of aryl methyl sites for hydroxylation is 4. The molecule has 32 nitrogen and oxygen atoms in total. The molecule has 520 valence electrons. The summed E-state index contributed by atoms with van der Waals surface area (Å²) in [5.41, 5.74) is 13.5. The average molecular weight is 1380 g/mol. The second kappa shape index (κ2) is 36.1. The van der Waals surface area contributed by atoms with Crippen molar-refractivity contribution in [2.75, 3.05) is 45.8 Å². The van der Waals surface area contributed by atoms with Gasteiger partial charge < -0.3 is 60.1 Å². The quantitative estimate of drug-likeness (QED) is 0.0223. The van der Waals surface area contributed by atoms with E-state index < -0.39 is 124 Å². The smallest absolute Gasteiger partial charge is 0.330 e. The number of nitrogens with two attached hydrogens (primary N) is 1. The van der Waals surface area contributed by atoms with Crippen molar-refractivity contribution in [1.82, 2.24) is 43.5 Å². The van der Waals surface area contributed by atoms with Crippen LogP contribution in [0.5, 0.6) is 5.75 Å². The van der Waals surface area contributed by atoms with Crippen LogP contribution in [-0.4, -0.2) is 163 Å². The first-order valence-corrected chi connectivity index (χ1v) is 31.0. The summed E-state index contributed by atoms with van der Waals surface area (Å²) >= 11 is 9.53. The highest BCUT2D eigenvalue weighted by Gasteiger charge is 2.42. The number of nitrogens with one attached hydrogen (secondary N) is 5. The van der Waals surface area contributed by atoms with E-state index in [4.69, 9.17) is 68.4 Å². The number of aliphatic hydroxyl groups excluding tert-OH is 6. The molecule has 13 N–H and O–H groups in total. The maximum atomic E-state index is 12.4. The molecule has 11 rings (SSSR count). The summed E-state index contributed by atoms with van der Waals surface area (Å²) < 4.78 is 32.9. The Bertz CT molecular complexity index is 4060. The number of alkyl halides is 2. The van der Waals surface area contributed by atoms with Gasteiger partial charge in [0.15, 0.2) is 0 Å². The van der Waals surface area contributed by atoms with Crippen LogP contribution in [-0.2, 0) is 24.5 Å². The molecule has 0 bridgehead atoms. The van der Waals surface area contributed by atoms with Gasteiger partial charge in [-0.25, -0.2) is 19.2 Å². The molecule has 7 aromatic rings.